The van der Waals surface area contributed by atoms with Crippen molar-refractivity contribution in [2.45, 2.75) is 26.7 Å². The van der Waals surface area contributed by atoms with Crippen molar-refractivity contribution in [2.24, 2.45) is 5.92 Å². The van der Waals surface area contributed by atoms with Crippen LogP contribution in [0.2, 0.25) is 0 Å². The van der Waals surface area contributed by atoms with Crippen LogP contribution in [0.1, 0.15) is 24.0 Å². The first kappa shape index (κ1) is 12.7. The highest BCUT2D eigenvalue weighted by atomic mass is 16.4. The third kappa shape index (κ3) is 2.42. The number of hydrogen-bond donors (Lipinski definition) is 2. The van der Waals surface area contributed by atoms with Crippen LogP contribution in [0.15, 0.2) is 12.1 Å². The number of rotatable bonds is 2. The Morgan fingerprint density at radius 3 is 2.39 bits per heavy atom. The summed E-state index contributed by atoms with van der Waals surface area (Å²) in [5.74, 6) is -0.878. The number of hydrogen-bond acceptors (Lipinski definition) is 3. The molecule has 1 aliphatic rings. The molecule has 0 atom stereocenters. The molecule has 0 saturated carbocycles. The summed E-state index contributed by atoms with van der Waals surface area (Å²) in [6.07, 6.45) is 1.39. The molecule has 0 spiro atoms. The smallest absolute Gasteiger partial charge is 0.306 e. The number of nitrogens with two attached hydrogens (primary N) is 1. The van der Waals surface area contributed by atoms with Gasteiger partial charge in [0.2, 0.25) is 0 Å². The predicted octanol–water partition coefficient (Wildman–Crippen LogP) is 2.19. The quantitative estimate of drug-likeness (QED) is 0.787. The maximum atomic E-state index is 10.9. The van der Waals surface area contributed by atoms with Crippen molar-refractivity contribution in [1.29, 1.82) is 0 Å². The van der Waals surface area contributed by atoms with Gasteiger partial charge in [0, 0.05) is 13.1 Å². The maximum absolute atomic E-state index is 10.9. The van der Waals surface area contributed by atoms with Gasteiger partial charge in [-0.1, -0.05) is 0 Å². The van der Waals surface area contributed by atoms with Gasteiger partial charge in [0.25, 0.3) is 0 Å². The van der Waals surface area contributed by atoms with Gasteiger partial charge in [0.15, 0.2) is 0 Å². The van der Waals surface area contributed by atoms with Crippen molar-refractivity contribution in [1.82, 2.24) is 0 Å². The van der Waals surface area contributed by atoms with Crippen LogP contribution >= 0.6 is 0 Å². The van der Waals surface area contributed by atoms with Crippen LogP contribution in [0.25, 0.3) is 0 Å². The summed E-state index contributed by atoms with van der Waals surface area (Å²) < 4.78 is 0. The third-order valence-electron chi connectivity index (χ3n) is 3.83. The zero-order valence-electron chi connectivity index (χ0n) is 10.9. The number of benzene rings is 1. The maximum Gasteiger partial charge on any atom is 0.306 e. The van der Waals surface area contributed by atoms with Crippen molar-refractivity contribution in [3.05, 3.63) is 23.3 Å². The first-order chi connectivity index (χ1) is 8.49. The van der Waals surface area contributed by atoms with Crippen LogP contribution in [-0.4, -0.2) is 24.2 Å². The molecule has 1 fully saturated rings. The molecule has 1 saturated heterocycles. The van der Waals surface area contributed by atoms with Gasteiger partial charge in [-0.15, -0.1) is 0 Å². The number of aliphatic carboxylic acids is 1. The number of carbonyl (C=O) groups is 1. The van der Waals surface area contributed by atoms with Crippen LogP contribution in [0.3, 0.4) is 0 Å². The minimum absolute atomic E-state index is 0.200. The number of anilines is 2. The SMILES string of the molecule is Cc1cc(N)c(N2CCC(C(=O)O)CC2)cc1C. The minimum atomic E-state index is -0.678. The molecule has 0 bridgehead atoms. The lowest BCUT2D eigenvalue weighted by Gasteiger charge is -2.33. The Kier molecular flexibility index (Phi) is 3.45. The number of piperidine rings is 1. The van der Waals surface area contributed by atoms with Gasteiger partial charge in [-0.25, -0.2) is 0 Å². The summed E-state index contributed by atoms with van der Waals surface area (Å²) in [5, 5.41) is 8.99. The van der Waals surface area contributed by atoms with Gasteiger partial charge in [0.1, 0.15) is 0 Å². The Morgan fingerprint density at radius 2 is 1.83 bits per heavy atom. The molecule has 0 amide bonds. The second kappa shape index (κ2) is 4.88. The van der Waals surface area contributed by atoms with Crippen LogP contribution < -0.4 is 10.6 Å². The number of carboxylic acid groups (broad SMARTS) is 1. The van der Waals surface area contributed by atoms with E-state index in [4.69, 9.17) is 10.8 Å². The molecule has 4 nitrogen and oxygen atoms in total. The monoisotopic (exact) mass is 248 g/mol. The number of nitrogens with zero attached hydrogens (tertiary/aromatic N) is 1. The molecule has 2 rings (SSSR count). The predicted molar refractivity (Wildman–Crippen MR) is 72.9 cm³/mol. The number of aryl methyl sites for hydroxylation is 2. The highest BCUT2D eigenvalue weighted by molar-refractivity contribution is 5.72. The first-order valence-corrected chi connectivity index (χ1v) is 6.33. The van der Waals surface area contributed by atoms with Crippen molar-refractivity contribution >= 4 is 17.3 Å². The summed E-state index contributed by atoms with van der Waals surface area (Å²) in [4.78, 5) is 13.1. The molecule has 98 valence electrons. The topological polar surface area (TPSA) is 66.6 Å². The van der Waals surface area contributed by atoms with Crippen LogP contribution in [0.4, 0.5) is 11.4 Å². The van der Waals surface area contributed by atoms with Gasteiger partial charge in [-0.3, -0.25) is 4.79 Å². The zero-order valence-corrected chi connectivity index (χ0v) is 10.9. The van der Waals surface area contributed by atoms with Crippen molar-refractivity contribution in [3.8, 4) is 0 Å². The molecule has 3 N–H and O–H groups in total. The number of carboxylic acids is 1. The molecule has 0 aromatic heterocycles. The third-order valence-corrected chi connectivity index (χ3v) is 3.83. The lowest BCUT2D eigenvalue weighted by atomic mass is 9.96. The Hall–Kier alpha value is -1.71. The first-order valence-electron chi connectivity index (χ1n) is 6.33. The van der Waals surface area contributed by atoms with Gasteiger partial charge in [-0.2, -0.15) is 0 Å². The van der Waals surface area contributed by atoms with Crippen LogP contribution in [0, 0.1) is 19.8 Å². The zero-order chi connectivity index (χ0) is 13.3. The Balaban J connectivity index is 2.15. The van der Waals surface area contributed by atoms with Crippen molar-refractivity contribution in [2.75, 3.05) is 23.7 Å². The molecule has 4 heteroatoms. The van der Waals surface area contributed by atoms with Gasteiger partial charge in [0.05, 0.1) is 17.3 Å². The fourth-order valence-electron chi connectivity index (χ4n) is 2.46. The average Bonchev–Trinajstić information content (AvgIpc) is 2.34. The lowest BCUT2D eigenvalue weighted by Crippen LogP contribution is -2.36. The van der Waals surface area contributed by atoms with E-state index in [9.17, 15) is 4.79 Å². The van der Waals surface area contributed by atoms with E-state index in [1.165, 1.54) is 11.1 Å². The van der Waals surface area contributed by atoms with Gasteiger partial charge in [-0.05, 0) is 49.9 Å². The molecule has 1 aromatic carbocycles. The van der Waals surface area contributed by atoms with E-state index in [2.05, 4.69) is 17.9 Å². The highest BCUT2D eigenvalue weighted by Crippen LogP contribution is 2.30. The average molecular weight is 248 g/mol. The molecule has 1 heterocycles. The molecule has 0 radical (unpaired) electrons. The van der Waals surface area contributed by atoms with E-state index in [1.54, 1.807) is 0 Å². The lowest BCUT2D eigenvalue weighted by molar-refractivity contribution is -0.142. The van der Waals surface area contributed by atoms with E-state index in [0.717, 1.165) is 24.5 Å². The molecule has 0 unspecified atom stereocenters. The van der Waals surface area contributed by atoms with E-state index < -0.39 is 5.97 Å². The summed E-state index contributed by atoms with van der Waals surface area (Å²) in [5.41, 5.74) is 10.3. The molecule has 1 aliphatic heterocycles. The van der Waals surface area contributed by atoms with Crippen LogP contribution in [-0.2, 0) is 4.79 Å². The Labute approximate surface area is 107 Å². The molecule has 1 aromatic rings. The Morgan fingerprint density at radius 1 is 1.28 bits per heavy atom. The molecule has 0 aliphatic carbocycles. The summed E-state index contributed by atoms with van der Waals surface area (Å²) in [6.45, 7) is 5.65. The van der Waals surface area contributed by atoms with E-state index in [1.807, 2.05) is 13.0 Å². The minimum Gasteiger partial charge on any atom is -0.481 e. The standard InChI is InChI=1S/C14H20N2O2/c1-9-7-12(15)13(8-10(9)2)16-5-3-11(4-6-16)14(17)18/h7-8,11H,3-6,15H2,1-2H3,(H,17,18). The fraction of sp³-hybridized carbons (Fsp3) is 0.500. The van der Waals surface area contributed by atoms with E-state index in [0.29, 0.717) is 12.8 Å². The summed E-state index contributed by atoms with van der Waals surface area (Å²) >= 11 is 0. The fourth-order valence-corrected chi connectivity index (χ4v) is 2.46. The van der Waals surface area contributed by atoms with E-state index >= 15 is 0 Å². The highest BCUT2D eigenvalue weighted by Gasteiger charge is 2.25. The summed E-state index contributed by atoms with van der Waals surface area (Å²) in [6, 6.07) is 4.10. The van der Waals surface area contributed by atoms with Crippen LogP contribution in [0.5, 0.6) is 0 Å². The Bertz CT molecular complexity index is 463. The number of nitrogen functional groups attached to an aromatic ring is 1. The normalized spacial score (nSPS) is 16.9. The second-order valence-corrected chi connectivity index (χ2v) is 5.09. The summed E-state index contributed by atoms with van der Waals surface area (Å²) in [7, 11) is 0. The van der Waals surface area contributed by atoms with E-state index in [-0.39, 0.29) is 5.92 Å². The molecular formula is C14H20N2O2. The largest absolute Gasteiger partial charge is 0.481 e. The van der Waals surface area contributed by atoms with Crippen molar-refractivity contribution < 1.29 is 9.90 Å². The molecule has 18 heavy (non-hydrogen) atoms. The van der Waals surface area contributed by atoms with Gasteiger partial charge < -0.3 is 15.7 Å². The van der Waals surface area contributed by atoms with Crippen molar-refractivity contribution in [3.63, 3.8) is 0 Å². The molecular weight excluding hydrogens is 228 g/mol. The van der Waals surface area contributed by atoms with Gasteiger partial charge >= 0.3 is 5.97 Å². The second-order valence-electron chi connectivity index (χ2n) is 5.09.